The number of carbonyl (C=O) groups excluding carboxylic acids is 1. The van der Waals surface area contributed by atoms with Gasteiger partial charge in [-0.15, -0.1) is 0 Å². The average molecular weight is 315 g/mol. The lowest BCUT2D eigenvalue weighted by molar-refractivity contribution is -0.142. The molecule has 1 aliphatic heterocycles. The van der Waals surface area contributed by atoms with E-state index in [4.69, 9.17) is 16.7 Å². The standard InChI is InChI=1S/C14H16ClFN2O3/c1-8-5-18(6-10(8)14(20)21)7-13(19)17-12-3-2-9(15)4-11(12)16/h2-4,8,10H,5-7H2,1H3,(H,17,19)(H,20,21). The van der Waals surface area contributed by atoms with Gasteiger partial charge in [-0.25, -0.2) is 4.39 Å². The molecule has 1 aromatic rings. The summed E-state index contributed by atoms with van der Waals surface area (Å²) >= 11 is 5.64. The molecule has 2 rings (SSSR count). The Hall–Kier alpha value is -1.66. The topological polar surface area (TPSA) is 69.6 Å². The van der Waals surface area contributed by atoms with E-state index in [0.29, 0.717) is 13.1 Å². The van der Waals surface area contributed by atoms with E-state index in [0.717, 1.165) is 6.07 Å². The van der Waals surface area contributed by atoms with Crippen LogP contribution in [0.3, 0.4) is 0 Å². The van der Waals surface area contributed by atoms with Crippen LogP contribution >= 0.6 is 11.6 Å². The molecule has 0 aromatic heterocycles. The summed E-state index contributed by atoms with van der Waals surface area (Å²) in [4.78, 5) is 24.7. The van der Waals surface area contributed by atoms with E-state index >= 15 is 0 Å². The van der Waals surface area contributed by atoms with Gasteiger partial charge in [0.2, 0.25) is 5.91 Å². The number of benzene rings is 1. The molecule has 5 nitrogen and oxygen atoms in total. The summed E-state index contributed by atoms with van der Waals surface area (Å²) in [6, 6.07) is 4.00. The first-order valence-electron chi connectivity index (χ1n) is 6.57. The molecule has 1 amide bonds. The summed E-state index contributed by atoms with van der Waals surface area (Å²) in [6.45, 7) is 2.74. The van der Waals surface area contributed by atoms with Crippen LogP contribution in [0.5, 0.6) is 0 Å². The Balaban J connectivity index is 1.92. The molecular weight excluding hydrogens is 299 g/mol. The second-order valence-electron chi connectivity index (χ2n) is 5.29. The number of carboxylic acid groups (broad SMARTS) is 1. The van der Waals surface area contributed by atoms with Crippen molar-refractivity contribution in [2.24, 2.45) is 11.8 Å². The Morgan fingerprint density at radius 2 is 2.19 bits per heavy atom. The normalized spacial score (nSPS) is 22.2. The van der Waals surface area contributed by atoms with Crippen molar-refractivity contribution in [2.45, 2.75) is 6.92 Å². The first kappa shape index (κ1) is 15.7. The number of likely N-dealkylation sites (tertiary alicyclic amines) is 1. The van der Waals surface area contributed by atoms with Crippen LogP contribution in [-0.2, 0) is 9.59 Å². The molecule has 1 aliphatic rings. The maximum Gasteiger partial charge on any atom is 0.308 e. The molecule has 1 heterocycles. The zero-order valence-electron chi connectivity index (χ0n) is 11.5. The maximum atomic E-state index is 13.6. The molecule has 2 N–H and O–H groups in total. The lowest BCUT2D eigenvalue weighted by Crippen LogP contribution is -2.32. The predicted molar refractivity (Wildman–Crippen MR) is 76.8 cm³/mol. The number of nitrogens with zero attached hydrogens (tertiary/aromatic N) is 1. The van der Waals surface area contributed by atoms with Crippen molar-refractivity contribution in [1.82, 2.24) is 4.90 Å². The molecule has 0 aliphatic carbocycles. The lowest BCUT2D eigenvalue weighted by Gasteiger charge is -2.15. The molecule has 7 heteroatoms. The highest BCUT2D eigenvalue weighted by atomic mass is 35.5. The predicted octanol–water partition coefficient (Wildman–Crippen LogP) is 2.07. The van der Waals surface area contributed by atoms with Gasteiger partial charge in [0, 0.05) is 18.1 Å². The van der Waals surface area contributed by atoms with Crippen LogP contribution in [0.4, 0.5) is 10.1 Å². The molecule has 0 saturated carbocycles. The van der Waals surface area contributed by atoms with E-state index in [1.54, 1.807) is 4.90 Å². The molecule has 114 valence electrons. The van der Waals surface area contributed by atoms with Crippen LogP contribution in [0.25, 0.3) is 0 Å². The second kappa shape index (κ2) is 6.41. The van der Waals surface area contributed by atoms with E-state index in [9.17, 15) is 14.0 Å². The number of anilines is 1. The third-order valence-corrected chi connectivity index (χ3v) is 3.81. The van der Waals surface area contributed by atoms with Gasteiger partial charge in [-0.2, -0.15) is 0 Å². The molecule has 1 fully saturated rings. The number of hydrogen-bond donors (Lipinski definition) is 2. The van der Waals surface area contributed by atoms with E-state index in [2.05, 4.69) is 5.32 Å². The Bertz CT molecular complexity index is 567. The second-order valence-corrected chi connectivity index (χ2v) is 5.72. The van der Waals surface area contributed by atoms with Crippen molar-refractivity contribution in [1.29, 1.82) is 0 Å². The molecule has 1 aromatic carbocycles. The van der Waals surface area contributed by atoms with Gasteiger partial charge in [0.1, 0.15) is 5.82 Å². The third kappa shape index (κ3) is 3.92. The molecule has 0 spiro atoms. The highest BCUT2D eigenvalue weighted by molar-refractivity contribution is 6.30. The molecule has 1 saturated heterocycles. The van der Waals surface area contributed by atoms with Crippen molar-refractivity contribution < 1.29 is 19.1 Å². The lowest BCUT2D eigenvalue weighted by atomic mass is 9.99. The van der Waals surface area contributed by atoms with Crippen LogP contribution in [0.15, 0.2) is 18.2 Å². The first-order chi connectivity index (χ1) is 9.86. The Morgan fingerprint density at radius 1 is 1.48 bits per heavy atom. The number of halogens is 2. The Kier molecular flexibility index (Phi) is 4.80. The SMILES string of the molecule is CC1CN(CC(=O)Nc2ccc(Cl)cc2F)CC1C(=O)O. The number of carboxylic acids is 1. The third-order valence-electron chi connectivity index (χ3n) is 3.58. The minimum atomic E-state index is -0.853. The van der Waals surface area contributed by atoms with Gasteiger partial charge in [-0.3, -0.25) is 14.5 Å². The molecule has 0 bridgehead atoms. The van der Waals surface area contributed by atoms with Crippen LogP contribution in [-0.4, -0.2) is 41.5 Å². The van der Waals surface area contributed by atoms with Gasteiger partial charge in [-0.1, -0.05) is 18.5 Å². The number of rotatable bonds is 4. The molecule has 2 atom stereocenters. The summed E-state index contributed by atoms with van der Waals surface area (Å²) < 4.78 is 13.6. The smallest absolute Gasteiger partial charge is 0.308 e. The quantitative estimate of drug-likeness (QED) is 0.892. The summed E-state index contributed by atoms with van der Waals surface area (Å²) in [7, 11) is 0. The van der Waals surface area contributed by atoms with Crippen LogP contribution in [0.1, 0.15) is 6.92 Å². The average Bonchev–Trinajstić information content (AvgIpc) is 2.74. The van der Waals surface area contributed by atoms with Gasteiger partial charge in [-0.05, 0) is 24.1 Å². The molecular formula is C14H16ClFN2O3. The Labute approximate surface area is 126 Å². The van der Waals surface area contributed by atoms with Crippen LogP contribution in [0, 0.1) is 17.7 Å². The van der Waals surface area contributed by atoms with Crippen molar-refractivity contribution in [3.05, 3.63) is 29.0 Å². The molecule has 21 heavy (non-hydrogen) atoms. The van der Waals surface area contributed by atoms with Crippen molar-refractivity contribution in [3.63, 3.8) is 0 Å². The minimum absolute atomic E-state index is 0.0115. The van der Waals surface area contributed by atoms with E-state index in [1.165, 1.54) is 12.1 Å². The maximum absolute atomic E-state index is 13.6. The highest BCUT2D eigenvalue weighted by Crippen LogP contribution is 2.23. The highest BCUT2D eigenvalue weighted by Gasteiger charge is 2.35. The number of hydrogen-bond acceptors (Lipinski definition) is 3. The fourth-order valence-electron chi connectivity index (χ4n) is 2.50. The fourth-order valence-corrected chi connectivity index (χ4v) is 2.66. The first-order valence-corrected chi connectivity index (χ1v) is 6.94. The number of amides is 1. The molecule has 2 unspecified atom stereocenters. The van der Waals surface area contributed by atoms with E-state index in [-0.39, 0.29) is 29.1 Å². The van der Waals surface area contributed by atoms with Crippen LogP contribution < -0.4 is 5.32 Å². The fraction of sp³-hybridized carbons (Fsp3) is 0.429. The number of aliphatic carboxylic acids is 1. The van der Waals surface area contributed by atoms with E-state index < -0.39 is 17.7 Å². The summed E-state index contributed by atoms with van der Waals surface area (Å²) in [5.74, 6) is -2.31. The molecule has 0 radical (unpaired) electrons. The monoisotopic (exact) mass is 314 g/mol. The van der Waals surface area contributed by atoms with Gasteiger partial charge < -0.3 is 10.4 Å². The van der Waals surface area contributed by atoms with Crippen molar-refractivity contribution in [3.8, 4) is 0 Å². The summed E-state index contributed by atoms with van der Waals surface area (Å²) in [5.41, 5.74) is 0.0615. The van der Waals surface area contributed by atoms with Gasteiger partial charge in [0.25, 0.3) is 0 Å². The Morgan fingerprint density at radius 3 is 2.76 bits per heavy atom. The van der Waals surface area contributed by atoms with Crippen molar-refractivity contribution in [2.75, 3.05) is 25.0 Å². The minimum Gasteiger partial charge on any atom is -0.481 e. The number of carbonyl (C=O) groups is 2. The van der Waals surface area contributed by atoms with Gasteiger partial charge in [0.05, 0.1) is 18.2 Å². The number of nitrogens with one attached hydrogen (secondary N) is 1. The van der Waals surface area contributed by atoms with Gasteiger partial charge in [0.15, 0.2) is 0 Å². The van der Waals surface area contributed by atoms with E-state index in [1.807, 2.05) is 6.92 Å². The van der Waals surface area contributed by atoms with Crippen molar-refractivity contribution >= 4 is 29.2 Å². The summed E-state index contributed by atoms with van der Waals surface area (Å²) in [6.07, 6.45) is 0. The van der Waals surface area contributed by atoms with Gasteiger partial charge >= 0.3 is 5.97 Å². The zero-order valence-corrected chi connectivity index (χ0v) is 12.2. The largest absolute Gasteiger partial charge is 0.481 e. The summed E-state index contributed by atoms with van der Waals surface area (Å²) in [5, 5.41) is 11.8. The van der Waals surface area contributed by atoms with Crippen LogP contribution in [0.2, 0.25) is 5.02 Å². The zero-order chi connectivity index (χ0) is 15.6.